The minimum Gasteiger partial charge on any atom is -0.449 e. The van der Waals surface area contributed by atoms with Crippen LogP contribution in [0.25, 0.3) is 0 Å². The Labute approximate surface area is 216 Å². The molecular formula is C27H32F2N2O5S. The van der Waals surface area contributed by atoms with E-state index < -0.39 is 44.3 Å². The van der Waals surface area contributed by atoms with Gasteiger partial charge < -0.3 is 19.8 Å². The quantitative estimate of drug-likeness (QED) is 0.605. The summed E-state index contributed by atoms with van der Waals surface area (Å²) in [5.74, 6) is -1.21. The molecule has 0 bridgehead atoms. The normalized spacial score (nSPS) is 33.5. The number of benzene rings is 2. The molecule has 1 saturated carbocycles. The molecule has 7 nitrogen and oxygen atoms in total. The van der Waals surface area contributed by atoms with Crippen LogP contribution in [0.15, 0.2) is 54.4 Å². The second-order valence-corrected chi connectivity index (χ2v) is 12.9. The second kappa shape index (κ2) is 9.04. The van der Waals surface area contributed by atoms with Crippen molar-refractivity contribution in [2.24, 2.45) is 0 Å². The van der Waals surface area contributed by atoms with Crippen molar-refractivity contribution in [2.45, 2.75) is 74.8 Å². The lowest BCUT2D eigenvalue weighted by Crippen LogP contribution is -2.54. The van der Waals surface area contributed by atoms with Gasteiger partial charge in [-0.25, -0.2) is 17.2 Å². The number of aliphatic hydroxyl groups is 2. The van der Waals surface area contributed by atoms with Crippen molar-refractivity contribution in [3.05, 3.63) is 82.7 Å². The molecule has 2 fully saturated rings. The summed E-state index contributed by atoms with van der Waals surface area (Å²) in [4.78, 5) is 1.40. The highest BCUT2D eigenvalue weighted by Crippen LogP contribution is 2.56. The maximum atomic E-state index is 15.7. The lowest BCUT2D eigenvalue weighted by Gasteiger charge is -2.52. The van der Waals surface area contributed by atoms with E-state index in [1.165, 1.54) is 15.4 Å². The van der Waals surface area contributed by atoms with Gasteiger partial charge in [0, 0.05) is 37.0 Å². The molecule has 2 heterocycles. The fourth-order valence-electron chi connectivity index (χ4n) is 6.05. The molecule has 2 aromatic rings. The number of hydrogen-bond acceptors (Lipinski definition) is 6. The first-order chi connectivity index (χ1) is 17.3. The molecule has 0 radical (unpaired) electrons. The number of aliphatic hydroxyl groups excluding tert-OH is 1. The first-order valence-electron chi connectivity index (χ1n) is 12.4. The summed E-state index contributed by atoms with van der Waals surface area (Å²) >= 11 is 0. The molecule has 200 valence electrons. The van der Waals surface area contributed by atoms with Crippen molar-refractivity contribution in [3.8, 4) is 0 Å². The summed E-state index contributed by atoms with van der Waals surface area (Å²) in [6, 6.07) is 10.7. The Bertz CT molecular complexity index is 1320. The topological polar surface area (TPSA) is 90.3 Å². The van der Waals surface area contributed by atoms with Gasteiger partial charge in [0.1, 0.15) is 22.6 Å². The fraction of sp³-hybridized carbons (Fsp3) is 0.481. The number of ether oxygens (including phenoxy) is 1. The minimum absolute atomic E-state index is 0.00531. The zero-order valence-corrected chi connectivity index (χ0v) is 21.9. The van der Waals surface area contributed by atoms with Gasteiger partial charge in [0.15, 0.2) is 0 Å². The third-order valence-electron chi connectivity index (χ3n) is 7.91. The molecule has 2 N–H and O–H groups in total. The van der Waals surface area contributed by atoms with Crippen LogP contribution in [-0.4, -0.2) is 52.9 Å². The van der Waals surface area contributed by atoms with E-state index in [1.807, 2.05) is 6.07 Å². The van der Waals surface area contributed by atoms with Crippen LogP contribution in [0.3, 0.4) is 0 Å². The third kappa shape index (κ3) is 4.43. The van der Waals surface area contributed by atoms with E-state index in [9.17, 15) is 18.6 Å². The van der Waals surface area contributed by atoms with Gasteiger partial charge in [-0.2, -0.15) is 4.31 Å². The molecule has 2 aliphatic heterocycles. The van der Waals surface area contributed by atoms with Crippen molar-refractivity contribution in [1.82, 2.24) is 9.21 Å². The van der Waals surface area contributed by atoms with Crippen molar-refractivity contribution in [3.63, 3.8) is 0 Å². The highest BCUT2D eigenvalue weighted by molar-refractivity contribution is 7.89. The first kappa shape index (κ1) is 26.1. The van der Waals surface area contributed by atoms with Crippen LogP contribution in [0, 0.1) is 11.6 Å². The fourth-order valence-corrected chi connectivity index (χ4v) is 8.24. The monoisotopic (exact) mass is 534 g/mol. The van der Waals surface area contributed by atoms with Crippen molar-refractivity contribution in [1.29, 1.82) is 0 Å². The van der Waals surface area contributed by atoms with E-state index in [0.29, 0.717) is 18.4 Å². The molecule has 2 aromatic carbocycles. The van der Waals surface area contributed by atoms with Gasteiger partial charge in [-0.15, -0.1) is 0 Å². The van der Waals surface area contributed by atoms with Crippen molar-refractivity contribution < 1.29 is 32.1 Å². The number of sulfonamides is 1. The molecule has 10 heteroatoms. The molecule has 1 saturated heterocycles. The largest absolute Gasteiger partial charge is 0.449 e. The summed E-state index contributed by atoms with van der Waals surface area (Å²) in [6.07, 6.45) is 1.49. The minimum atomic E-state index is -3.82. The molecule has 3 atom stereocenters. The second-order valence-electron chi connectivity index (χ2n) is 10.9. The summed E-state index contributed by atoms with van der Waals surface area (Å²) in [5, 5.41) is 19.8. The van der Waals surface area contributed by atoms with Gasteiger partial charge in [0.05, 0.1) is 11.0 Å². The van der Waals surface area contributed by atoms with E-state index in [1.54, 1.807) is 45.2 Å². The van der Waals surface area contributed by atoms with E-state index in [0.717, 1.165) is 12.1 Å². The summed E-state index contributed by atoms with van der Waals surface area (Å²) in [6.45, 7) is 3.09. The Balaban J connectivity index is 1.48. The Morgan fingerprint density at radius 1 is 1.11 bits per heavy atom. The predicted octanol–water partition coefficient (Wildman–Crippen LogP) is 3.88. The number of rotatable bonds is 5. The lowest BCUT2D eigenvalue weighted by atomic mass is 9.55. The van der Waals surface area contributed by atoms with E-state index in [4.69, 9.17) is 4.74 Å². The Kier molecular flexibility index (Phi) is 6.38. The van der Waals surface area contributed by atoms with E-state index in [-0.39, 0.29) is 42.3 Å². The van der Waals surface area contributed by atoms with Crippen LogP contribution in [-0.2, 0) is 26.7 Å². The first-order valence-corrected chi connectivity index (χ1v) is 13.9. The number of hydrogen-bond donors (Lipinski definition) is 2. The number of halogens is 2. The van der Waals surface area contributed by atoms with E-state index >= 15 is 8.78 Å². The van der Waals surface area contributed by atoms with Crippen LogP contribution >= 0.6 is 0 Å². The Hall–Kier alpha value is -2.53. The SMILES string of the molecule is C[C@H]1CC[C@H](c2ccccc2)S(=O)(=O)N1Cc1cc(F)c(C2(C3=CN(C)C(O)O3)CC(C)(O)C2)cc1F. The van der Waals surface area contributed by atoms with Gasteiger partial charge in [-0.05, 0) is 57.2 Å². The van der Waals surface area contributed by atoms with Gasteiger partial charge in [-0.3, -0.25) is 0 Å². The zero-order chi connectivity index (χ0) is 26.8. The van der Waals surface area contributed by atoms with E-state index in [2.05, 4.69) is 0 Å². The van der Waals surface area contributed by atoms with Gasteiger partial charge in [-0.1, -0.05) is 30.3 Å². The summed E-state index contributed by atoms with van der Waals surface area (Å²) in [5.41, 5.74) is -1.64. The zero-order valence-electron chi connectivity index (χ0n) is 21.1. The van der Waals surface area contributed by atoms with Gasteiger partial charge in [0.2, 0.25) is 10.0 Å². The summed E-state index contributed by atoms with van der Waals surface area (Å²) < 4.78 is 65.1. The summed E-state index contributed by atoms with van der Waals surface area (Å²) in [7, 11) is -2.23. The molecule has 37 heavy (non-hydrogen) atoms. The molecule has 3 aliphatic rings. The molecule has 1 unspecified atom stereocenters. The molecule has 0 amide bonds. The highest BCUT2D eigenvalue weighted by atomic mass is 32.2. The Morgan fingerprint density at radius 3 is 2.38 bits per heavy atom. The predicted molar refractivity (Wildman–Crippen MR) is 133 cm³/mol. The van der Waals surface area contributed by atoms with Gasteiger partial charge >= 0.3 is 0 Å². The molecular weight excluding hydrogens is 502 g/mol. The third-order valence-corrected chi connectivity index (χ3v) is 10.3. The van der Waals surface area contributed by atoms with Crippen LogP contribution in [0.4, 0.5) is 8.78 Å². The maximum absolute atomic E-state index is 15.7. The maximum Gasteiger partial charge on any atom is 0.280 e. The smallest absolute Gasteiger partial charge is 0.280 e. The Morgan fingerprint density at radius 2 is 1.78 bits per heavy atom. The highest BCUT2D eigenvalue weighted by Gasteiger charge is 2.58. The van der Waals surface area contributed by atoms with Crippen LogP contribution in [0.1, 0.15) is 61.5 Å². The van der Waals surface area contributed by atoms with Crippen molar-refractivity contribution >= 4 is 10.0 Å². The standard InChI is InChI=1S/C27H32F2N2O5S/c1-17-9-10-23(18-7-5-4-6-8-18)37(34,35)31(17)13-19-11-22(29)20(12-21(19)28)27(15-26(2,33)16-27)24-14-30(3)25(32)36-24/h4-8,11-12,14,17,23,25,32-33H,9-10,13,15-16H2,1-3H3/t17-,23+,25?,26?,27?/m0/s1. The average molecular weight is 535 g/mol. The molecule has 0 spiro atoms. The van der Waals surface area contributed by atoms with Crippen LogP contribution in [0.5, 0.6) is 0 Å². The lowest BCUT2D eigenvalue weighted by molar-refractivity contribution is -0.144. The van der Waals surface area contributed by atoms with Crippen molar-refractivity contribution in [2.75, 3.05) is 7.05 Å². The number of nitrogens with zero attached hydrogens (tertiary/aromatic N) is 2. The number of allylic oxidation sites excluding steroid dienone is 1. The van der Waals surface area contributed by atoms with Crippen LogP contribution < -0.4 is 0 Å². The molecule has 0 aromatic heterocycles. The molecule has 1 aliphatic carbocycles. The average Bonchev–Trinajstić information content (AvgIpc) is 3.15. The van der Waals surface area contributed by atoms with Gasteiger partial charge in [0.25, 0.3) is 6.41 Å². The molecule has 5 rings (SSSR count). The van der Waals surface area contributed by atoms with Crippen LogP contribution in [0.2, 0.25) is 0 Å².